The van der Waals surface area contributed by atoms with E-state index in [9.17, 15) is 9.59 Å². The predicted octanol–water partition coefficient (Wildman–Crippen LogP) is 4.61. The van der Waals surface area contributed by atoms with Crippen molar-refractivity contribution in [3.8, 4) is 11.5 Å². The van der Waals surface area contributed by atoms with Gasteiger partial charge in [0.05, 0.1) is 16.6 Å². The number of hydrogen-bond donors (Lipinski definition) is 3. The van der Waals surface area contributed by atoms with Crippen molar-refractivity contribution >= 4 is 72.6 Å². The second-order valence-corrected chi connectivity index (χ2v) is 9.28. The van der Waals surface area contributed by atoms with Crippen LogP contribution in [0.3, 0.4) is 0 Å². The lowest BCUT2D eigenvalue weighted by molar-refractivity contribution is -0.123. The number of nitrogens with one attached hydrogen (secondary N) is 3. The van der Waals surface area contributed by atoms with Crippen LogP contribution in [0.5, 0.6) is 11.5 Å². The molecule has 0 atom stereocenters. The van der Waals surface area contributed by atoms with Gasteiger partial charge in [-0.15, -0.1) is 0 Å². The first-order chi connectivity index (χ1) is 14.7. The quantitative estimate of drug-likeness (QED) is 0.321. The Hall–Kier alpha value is -1.88. The fourth-order valence-electron chi connectivity index (χ4n) is 2.16. The summed E-state index contributed by atoms with van der Waals surface area (Å²) in [5.41, 5.74) is 5.12. The van der Waals surface area contributed by atoms with E-state index >= 15 is 0 Å². The van der Waals surface area contributed by atoms with Crippen LogP contribution < -0.4 is 25.6 Å². The molecular formula is C20H20Br2ClN3O4S. The number of thiocarbonyl (C=S) groups is 1. The molecule has 0 aliphatic carbocycles. The first-order valence-electron chi connectivity index (χ1n) is 9.06. The third kappa shape index (κ3) is 8.64. The van der Waals surface area contributed by atoms with Crippen LogP contribution in [0.1, 0.15) is 24.2 Å². The molecule has 2 amide bonds. The molecule has 0 saturated heterocycles. The third-order valence-electron chi connectivity index (χ3n) is 3.55. The predicted molar refractivity (Wildman–Crippen MR) is 130 cm³/mol. The molecule has 3 N–H and O–H groups in total. The molecule has 0 heterocycles. The normalized spacial score (nSPS) is 10.4. The fourth-order valence-corrected chi connectivity index (χ4v) is 3.46. The second-order valence-electron chi connectivity index (χ2n) is 6.67. The van der Waals surface area contributed by atoms with Crippen molar-refractivity contribution in [2.24, 2.45) is 5.92 Å². The highest BCUT2D eigenvalue weighted by molar-refractivity contribution is 9.10. The van der Waals surface area contributed by atoms with Crippen LogP contribution in [0.25, 0.3) is 0 Å². The number of ether oxygens (including phenoxy) is 2. The molecule has 166 valence electrons. The topological polar surface area (TPSA) is 88.7 Å². The van der Waals surface area contributed by atoms with Gasteiger partial charge in [-0.25, -0.2) is 0 Å². The lowest BCUT2D eigenvalue weighted by Gasteiger charge is -2.15. The number of carbonyl (C=O) groups excluding carboxylic acids is 2. The summed E-state index contributed by atoms with van der Waals surface area (Å²) in [6.07, 6.45) is 0. The van der Waals surface area contributed by atoms with Crippen LogP contribution in [0.15, 0.2) is 45.3 Å². The van der Waals surface area contributed by atoms with E-state index in [1.54, 1.807) is 36.4 Å². The molecule has 7 nitrogen and oxygen atoms in total. The van der Waals surface area contributed by atoms with E-state index < -0.39 is 11.8 Å². The highest BCUT2D eigenvalue weighted by Gasteiger charge is 2.16. The molecule has 0 unspecified atom stereocenters. The van der Waals surface area contributed by atoms with E-state index in [0.717, 1.165) is 0 Å². The molecule has 0 aliphatic rings. The van der Waals surface area contributed by atoms with E-state index in [4.69, 9.17) is 33.3 Å². The summed E-state index contributed by atoms with van der Waals surface area (Å²) in [7, 11) is 0. The van der Waals surface area contributed by atoms with Gasteiger partial charge in [-0.1, -0.05) is 41.4 Å². The summed E-state index contributed by atoms with van der Waals surface area (Å²) < 4.78 is 12.4. The van der Waals surface area contributed by atoms with Gasteiger partial charge in [0.25, 0.3) is 11.8 Å². The molecule has 0 bridgehead atoms. The Morgan fingerprint density at radius 1 is 1.06 bits per heavy atom. The number of rotatable bonds is 7. The minimum absolute atomic E-state index is 0.0826. The van der Waals surface area contributed by atoms with Gasteiger partial charge in [-0.3, -0.25) is 25.8 Å². The highest BCUT2D eigenvalue weighted by Crippen LogP contribution is 2.28. The number of benzene rings is 2. The van der Waals surface area contributed by atoms with Crippen molar-refractivity contribution in [1.82, 2.24) is 16.2 Å². The van der Waals surface area contributed by atoms with Gasteiger partial charge in [-0.2, -0.15) is 0 Å². The monoisotopic (exact) mass is 591 g/mol. The van der Waals surface area contributed by atoms with E-state index in [-0.39, 0.29) is 11.7 Å². The Labute approximate surface area is 207 Å². The Morgan fingerprint density at radius 2 is 1.77 bits per heavy atom. The zero-order chi connectivity index (χ0) is 23.0. The van der Waals surface area contributed by atoms with Crippen LogP contribution in [0.4, 0.5) is 0 Å². The van der Waals surface area contributed by atoms with Crippen LogP contribution >= 0.6 is 55.7 Å². The minimum atomic E-state index is -0.498. The first-order valence-corrected chi connectivity index (χ1v) is 11.4. The number of amides is 2. The molecular weight excluding hydrogens is 574 g/mol. The average molecular weight is 594 g/mol. The number of hydrogen-bond acceptors (Lipinski definition) is 5. The van der Waals surface area contributed by atoms with Crippen LogP contribution in [0, 0.1) is 5.92 Å². The van der Waals surface area contributed by atoms with E-state index in [2.05, 4.69) is 48.0 Å². The minimum Gasteiger partial charge on any atom is -0.492 e. The molecule has 2 rings (SSSR count). The number of carbonyl (C=O) groups is 2. The maximum Gasteiger partial charge on any atom is 0.276 e. The third-order valence-corrected chi connectivity index (χ3v) is 5.11. The van der Waals surface area contributed by atoms with Crippen LogP contribution in [-0.4, -0.2) is 30.1 Å². The van der Waals surface area contributed by atoms with Crippen molar-refractivity contribution in [2.75, 3.05) is 13.2 Å². The molecule has 0 aromatic heterocycles. The highest BCUT2D eigenvalue weighted by atomic mass is 79.9. The Balaban J connectivity index is 1.86. The SMILES string of the molecule is CC(C)COc1ccc(Br)cc1C(=O)NC(=S)NNC(=O)COc1ccc(Cl)cc1Br. The standard InChI is InChI=1S/C20H20Br2ClN3O4S/c1-11(2)9-29-16-5-3-12(21)7-14(16)19(28)24-20(31)26-25-18(27)10-30-17-6-4-13(23)8-15(17)22/h3-8,11H,9-10H2,1-2H3,(H,25,27)(H2,24,26,28,31). The van der Waals surface area contributed by atoms with E-state index in [0.29, 0.717) is 43.6 Å². The van der Waals surface area contributed by atoms with Crippen molar-refractivity contribution in [3.05, 3.63) is 55.9 Å². The summed E-state index contributed by atoms with van der Waals surface area (Å²) in [4.78, 5) is 24.6. The zero-order valence-corrected chi connectivity index (χ0v) is 21.4. The molecule has 0 saturated carbocycles. The van der Waals surface area contributed by atoms with Crippen molar-refractivity contribution in [2.45, 2.75) is 13.8 Å². The van der Waals surface area contributed by atoms with Gasteiger partial charge in [0.15, 0.2) is 11.7 Å². The number of hydrazine groups is 1. The fraction of sp³-hybridized carbons (Fsp3) is 0.250. The molecule has 0 aliphatic heterocycles. The summed E-state index contributed by atoms with van der Waals surface area (Å²) in [5.74, 6) is 0.213. The first kappa shape index (κ1) is 25.4. The van der Waals surface area contributed by atoms with Gasteiger partial charge in [-0.05, 0) is 70.5 Å². The van der Waals surface area contributed by atoms with Gasteiger partial charge >= 0.3 is 0 Å². The maximum atomic E-state index is 12.6. The summed E-state index contributed by atoms with van der Waals surface area (Å²) in [6.45, 7) is 4.21. The Bertz CT molecular complexity index is 975. The van der Waals surface area contributed by atoms with Gasteiger partial charge < -0.3 is 9.47 Å². The van der Waals surface area contributed by atoms with Gasteiger partial charge in [0.2, 0.25) is 0 Å². The molecule has 0 spiro atoms. The maximum absolute atomic E-state index is 12.6. The smallest absolute Gasteiger partial charge is 0.276 e. The largest absolute Gasteiger partial charge is 0.492 e. The summed E-state index contributed by atoms with van der Waals surface area (Å²) in [6, 6.07) is 10.0. The van der Waals surface area contributed by atoms with E-state index in [1.807, 2.05) is 13.8 Å². The molecule has 11 heteroatoms. The summed E-state index contributed by atoms with van der Waals surface area (Å²) in [5, 5.41) is 2.95. The second kappa shape index (κ2) is 12.2. The molecule has 0 radical (unpaired) electrons. The lowest BCUT2D eigenvalue weighted by Crippen LogP contribution is -2.49. The average Bonchev–Trinajstić information content (AvgIpc) is 2.70. The Kier molecular flexibility index (Phi) is 10.0. The summed E-state index contributed by atoms with van der Waals surface area (Å²) >= 11 is 17.6. The zero-order valence-electron chi connectivity index (χ0n) is 16.6. The molecule has 0 fully saturated rings. The lowest BCUT2D eigenvalue weighted by atomic mass is 10.2. The van der Waals surface area contributed by atoms with E-state index in [1.165, 1.54) is 0 Å². The van der Waals surface area contributed by atoms with Gasteiger partial charge in [0.1, 0.15) is 11.5 Å². The van der Waals surface area contributed by atoms with Crippen LogP contribution in [-0.2, 0) is 4.79 Å². The number of halogens is 3. The van der Waals surface area contributed by atoms with Crippen LogP contribution in [0.2, 0.25) is 5.02 Å². The van der Waals surface area contributed by atoms with Crippen molar-refractivity contribution in [3.63, 3.8) is 0 Å². The van der Waals surface area contributed by atoms with Gasteiger partial charge in [0, 0.05) is 9.50 Å². The van der Waals surface area contributed by atoms with Crippen molar-refractivity contribution in [1.29, 1.82) is 0 Å². The molecule has 31 heavy (non-hydrogen) atoms. The van der Waals surface area contributed by atoms with Crippen molar-refractivity contribution < 1.29 is 19.1 Å². The molecule has 2 aromatic rings. The molecule has 2 aromatic carbocycles. The Morgan fingerprint density at radius 3 is 2.45 bits per heavy atom.